The van der Waals surface area contributed by atoms with Crippen LogP contribution in [0.15, 0.2) is 24.3 Å². The second-order valence-corrected chi connectivity index (χ2v) is 9.77. The molecule has 208 valence electrons. The monoisotopic (exact) mass is 526 g/mol. The minimum Gasteiger partial charge on any atom is -0.496 e. The number of Topliss-reactive ketones (excluding diaryl/α,β-unsaturated/α-hetero) is 1. The molecule has 38 heavy (non-hydrogen) atoms. The third kappa shape index (κ3) is 6.80. The summed E-state index contributed by atoms with van der Waals surface area (Å²) in [7, 11) is 3.00. The van der Waals surface area contributed by atoms with Crippen LogP contribution in [0.2, 0.25) is 0 Å². The second-order valence-electron chi connectivity index (χ2n) is 9.77. The van der Waals surface area contributed by atoms with Gasteiger partial charge < -0.3 is 23.7 Å². The molecule has 3 rings (SSSR count). The number of carbonyl (C=O) groups is 2. The van der Waals surface area contributed by atoms with Crippen LogP contribution in [0.3, 0.4) is 0 Å². The van der Waals surface area contributed by atoms with Gasteiger partial charge in [0.1, 0.15) is 29.1 Å². The highest BCUT2D eigenvalue weighted by atomic mass is 16.5. The van der Waals surface area contributed by atoms with E-state index in [2.05, 4.69) is 19.9 Å². The summed E-state index contributed by atoms with van der Waals surface area (Å²) in [5.74, 6) is 2.41. The van der Waals surface area contributed by atoms with Crippen molar-refractivity contribution < 1.29 is 33.3 Å². The molecule has 1 aliphatic heterocycles. The Morgan fingerprint density at radius 1 is 0.974 bits per heavy atom. The molecule has 0 amide bonds. The first-order valence-corrected chi connectivity index (χ1v) is 13.7. The van der Waals surface area contributed by atoms with E-state index in [-0.39, 0.29) is 23.8 Å². The van der Waals surface area contributed by atoms with Crippen molar-refractivity contribution in [3.8, 4) is 23.0 Å². The average Bonchev–Trinajstić information content (AvgIpc) is 2.93. The standard InChI is InChI=1S/C31H42O7/c1-7-10-24-27(16-13-22-12-15-26(38-29(22)24)20(3)31(33)35-6)36-18-9-19-37-28-17-14-23(21(4)32)30(34-5)25(28)11-8-2/h13-14,16-17,20,26H,7-12,15,18-19H2,1-6H3. The fraction of sp³-hybridized carbons (Fsp3) is 0.548. The van der Waals surface area contributed by atoms with E-state index >= 15 is 0 Å². The Morgan fingerprint density at radius 3 is 2.21 bits per heavy atom. The molecule has 2 unspecified atom stereocenters. The van der Waals surface area contributed by atoms with Crippen LogP contribution in [0.5, 0.6) is 23.0 Å². The number of ketones is 1. The molecule has 2 atom stereocenters. The average molecular weight is 527 g/mol. The molecule has 7 heteroatoms. The van der Waals surface area contributed by atoms with Gasteiger partial charge in [-0.05, 0) is 63.3 Å². The molecule has 0 spiro atoms. The van der Waals surface area contributed by atoms with Crippen molar-refractivity contribution in [3.05, 3.63) is 46.5 Å². The molecular formula is C31H42O7. The molecule has 0 aromatic heterocycles. The van der Waals surface area contributed by atoms with E-state index in [1.807, 2.05) is 19.1 Å². The van der Waals surface area contributed by atoms with Crippen LogP contribution >= 0.6 is 0 Å². The lowest BCUT2D eigenvalue weighted by Crippen LogP contribution is -2.35. The lowest BCUT2D eigenvalue weighted by Gasteiger charge is -2.31. The van der Waals surface area contributed by atoms with Crippen LogP contribution < -0.4 is 18.9 Å². The van der Waals surface area contributed by atoms with Crippen molar-refractivity contribution in [3.63, 3.8) is 0 Å². The van der Waals surface area contributed by atoms with E-state index in [0.717, 1.165) is 72.5 Å². The molecule has 0 saturated carbocycles. The highest BCUT2D eigenvalue weighted by Gasteiger charge is 2.32. The van der Waals surface area contributed by atoms with Gasteiger partial charge in [-0.25, -0.2) is 0 Å². The SMILES string of the molecule is CCCc1c(OCCCOc2ccc(C(C)=O)c(OC)c2CCC)ccc2c1OC(C(C)C(=O)OC)CC2. The Bertz CT molecular complexity index is 1110. The second kappa shape index (κ2) is 14.1. The number of hydrogen-bond donors (Lipinski definition) is 0. The highest BCUT2D eigenvalue weighted by molar-refractivity contribution is 5.97. The van der Waals surface area contributed by atoms with E-state index in [9.17, 15) is 9.59 Å². The third-order valence-electron chi connectivity index (χ3n) is 7.00. The number of fused-ring (bicyclic) bond motifs is 1. The van der Waals surface area contributed by atoms with E-state index in [4.69, 9.17) is 23.7 Å². The number of methoxy groups -OCH3 is 2. The summed E-state index contributed by atoms with van der Waals surface area (Å²) in [5.41, 5.74) is 3.72. The number of hydrogen-bond acceptors (Lipinski definition) is 7. The molecule has 2 aromatic carbocycles. The van der Waals surface area contributed by atoms with Gasteiger partial charge in [0, 0.05) is 17.5 Å². The Hall–Kier alpha value is -3.22. The summed E-state index contributed by atoms with van der Waals surface area (Å²) < 4.78 is 29.2. The van der Waals surface area contributed by atoms with Crippen molar-refractivity contribution in [2.24, 2.45) is 5.92 Å². The van der Waals surface area contributed by atoms with Gasteiger partial charge in [-0.2, -0.15) is 0 Å². The van der Waals surface area contributed by atoms with Crippen molar-refractivity contribution in [1.29, 1.82) is 0 Å². The first-order valence-electron chi connectivity index (χ1n) is 13.7. The summed E-state index contributed by atoms with van der Waals surface area (Å²) in [4.78, 5) is 24.1. The van der Waals surface area contributed by atoms with E-state index in [0.29, 0.717) is 30.9 Å². The predicted octanol–water partition coefficient (Wildman–Crippen LogP) is 6.15. The Labute approximate surface area is 226 Å². The Kier molecular flexibility index (Phi) is 10.9. The van der Waals surface area contributed by atoms with Crippen LogP contribution in [-0.4, -0.2) is 45.3 Å². The Morgan fingerprint density at radius 2 is 1.61 bits per heavy atom. The van der Waals surface area contributed by atoms with Gasteiger partial charge in [-0.15, -0.1) is 0 Å². The molecule has 1 aliphatic rings. The molecule has 7 nitrogen and oxygen atoms in total. The van der Waals surface area contributed by atoms with E-state index in [1.54, 1.807) is 20.1 Å². The summed E-state index contributed by atoms with van der Waals surface area (Å²) in [5, 5.41) is 0. The number of ether oxygens (including phenoxy) is 5. The fourth-order valence-electron chi connectivity index (χ4n) is 4.99. The van der Waals surface area contributed by atoms with Crippen LogP contribution in [0.4, 0.5) is 0 Å². The number of aryl methyl sites for hydroxylation is 1. The first-order chi connectivity index (χ1) is 18.4. The fourth-order valence-corrected chi connectivity index (χ4v) is 4.99. The number of rotatable bonds is 14. The minimum atomic E-state index is -0.329. The quantitative estimate of drug-likeness (QED) is 0.166. The normalized spacial score (nSPS) is 15.2. The van der Waals surface area contributed by atoms with Crippen molar-refractivity contribution in [1.82, 2.24) is 0 Å². The molecule has 0 bridgehead atoms. The van der Waals surface area contributed by atoms with E-state index in [1.165, 1.54) is 7.11 Å². The van der Waals surface area contributed by atoms with Gasteiger partial charge in [-0.3, -0.25) is 9.59 Å². The van der Waals surface area contributed by atoms with Crippen LogP contribution in [0.25, 0.3) is 0 Å². The first kappa shape index (κ1) is 29.3. The third-order valence-corrected chi connectivity index (χ3v) is 7.00. The van der Waals surface area contributed by atoms with Crippen molar-refractivity contribution in [2.45, 2.75) is 78.7 Å². The summed E-state index contributed by atoms with van der Waals surface area (Å²) in [6.07, 6.45) is 5.58. The Balaban J connectivity index is 1.66. The zero-order valence-corrected chi connectivity index (χ0v) is 23.7. The van der Waals surface area contributed by atoms with E-state index < -0.39 is 0 Å². The zero-order chi connectivity index (χ0) is 27.7. The van der Waals surface area contributed by atoms with Gasteiger partial charge in [0.2, 0.25) is 0 Å². The van der Waals surface area contributed by atoms with Crippen molar-refractivity contribution >= 4 is 11.8 Å². The lowest BCUT2D eigenvalue weighted by molar-refractivity contribution is -0.148. The van der Waals surface area contributed by atoms with Gasteiger partial charge in [0.15, 0.2) is 5.78 Å². The molecule has 0 saturated heterocycles. The largest absolute Gasteiger partial charge is 0.496 e. The molecular weight excluding hydrogens is 484 g/mol. The molecule has 2 aromatic rings. The van der Waals surface area contributed by atoms with Gasteiger partial charge in [0.25, 0.3) is 0 Å². The molecule has 1 heterocycles. The minimum absolute atomic E-state index is 0.0258. The highest BCUT2D eigenvalue weighted by Crippen LogP contribution is 2.39. The van der Waals surface area contributed by atoms with Crippen LogP contribution in [-0.2, 0) is 28.8 Å². The van der Waals surface area contributed by atoms with Crippen LogP contribution in [0, 0.1) is 5.92 Å². The number of carbonyl (C=O) groups excluding carboxylic acids is 2. The topological polar surface area (TPSA) is 80.3 Å². The summed E-state index contributed by atoms with van der Waals surface area (Å²) >= 11 is 0. The lowest BCUT2D eigenvalue weighted by atomic mass is 9.92. The predicted molar refractivity (Wildman–Crippen MR) is 147 cm³/mol. The smallest absolute Gasteiger partial charge is 0.312 e. The number of esters is 1. The molecule has 0 fully saturated rings. The number of benzene rings is 2. The van der Waals surface area contributed by atoms with Crippen molar-refractivity contribution in [2.75, 3.05) is 27.4 Å². The van der Waals surface area contributed by atoms with Gasteiger partial charge >= 0.3 is 5.97 Å². The van der Waals surface area contributed by atoms with Crippen LogP contribution in [0.1, 0.15) is 80.4 Å². The van der Waals surface area contributed by atoms with Gasteiger partial charge in [0.05, 0.1) is 38.9 Å². The molecule has 0 radical (unpaired) electrons. The molecule has 0 aliphatic carbocycles. The maximum atomic E-state index is 12.1. The maximum absolute atomic E-state index is 12.1. The summed E-state index contributed by atoms with van der Waals surface area (Å²) in [6, 6.07) is 7.73. The zero-order valence-electron chi connectivity index (χ0n) is 23.7. The summed E-state index contributed by atoms with van der Waals surface area (Å²) in [6.45, 7) is 8.59. The van der Waals surface area contributed by atoms with Gasteiger partial charge in [-0.1, -0.05) is 32.8 Å². The molecule has 0 N–H and O–H groups in total. The maximum Gasteiger partial charge on any atom is 0.312 e.